The molecule has 3 nitrogen and oxygen atoms in total. The summed E-state index contributed by atoms with van der Waals surface area (Å²) >= 11 is 0. The number of rotatable bonds is 4. The first kappa shape index (κ1) is 10.2. The Labute approximate surface area is 89.9 Å². The van der Waals surface area contributed by atoms with Gasteiger partial charge in [-0.05, 0) is 24.6 Å². The van der Waals surface area contributed by atoms with Crippen LogP contribution < -0.4 is 0 Å². The summed E-state index contributed by atoms with van der Waals surface area (Å²) in [6.07, 6.45) is 2.09. The van der Waals surface area contributed by atoms with Crippen molar-refractivity contribution in [3.05, 3.63) is 34.9 Å². The Bertz CT molecular complexity index is 399. The van der Waals surface area contributed by atoms with Crippen LogP contribution in [0.5, 0.6) is 0 Å². The molecule has 2 rings (SSSR count). The van der Waals surface area contributed by atoms with Crippen LogP contribution in [0.3, 0.4) is 0 Å². The van der Waals surface area contributed by atoms with Crippen molar-refractivity contribution in [2.45, 2.75) is 6.92 Å². The van der Waals surface area contributed by atoms with E-state index in [2.05, 4.69) is 31.2 Å². The van der Waals surface area contributed by atoms with Gasteiger partial charge in [0.1, 0.15) is 6.73 Å². The molecule has 0 saturated heterocycles. The van der Waals surface area contributed by atoms with Gasteiger partial charge in [0.2, 0.25) is 0 Å². The standard InChI is InChI=1S/C12H15NO2/c1-9-4-5-10-7-12(11(10)6-9)13(15-3)8-14-2/h4-7H,8H2,1-3H3. The third-order valence-corrected chi connectivity index (χ3v) is 2.51. The molecule has 1 aliphatic rings. The maximum atomic E-state index is 5.23. The zero-order chi connectivity index (χ0) is 10.8. The summed E-state index contributed by atoms with van der Waals surface area (Å²) in [6, 6.07) is 6.39. The van der Waals surface area contributed by atoms with E-state index in [1.807, 2.05) is 0 Å². The average molecular weight is 205 g/mol. The largest absolute Gasteiger partial charge is 0.362 e. The molecule has 0 bridgehead atoms. The van der Waals surface area contributed by atoms with E-state index in [1.54, 1.807) is 19.3 Å². The fraction of sp³-hybridized carbons (Fsp3) is 0.333. The zero-order valence-corrected chi connectivity index (χ0v) is 9.28. The lowest BCUT2D eigenvalue weighted by Gasteiger charge is -2.30. The summed E-state index contributed by atoms with van der Waals surface area (Å²) in [5.41, 5.74) is 4.83. The zero-order valence-electron chi connectivity index (χ0n) is 9.28. The molecule has 1 aromatic rings. The van der Waals surface area contributed by atoms with Gasteiger partial charge in [0.25, 0.3) is 0 Å². The summed E-state index contributed by atoms with van der Waals surface area (Å²) in [4.78, 5) is 5.23. The molecular formula is C12H15NO2. The second kappa shape index (κ2) is 4.04. The molecule has 80 valence electrons. The molecule has 0 aromatic heterocycles. The molecule has 0 amide bonds. The van der Waals surface area contributed by atoms with E-state index in [0.29, 0.717) is 6.73 Å². The van der Waals surface area contributed by atoms with Crippen LogP contribution in [0.4, 0.5) is 0 Å². The number of methoxy groups -OCH3 is 1. The maximum Gasteiger partial charge on any atom is 0.143 e. The molecular weight excluding hydrogens is 190 g/mol. The van der Waals surface area contributed by atoms with Crippen molar-refractivity contribution in [1.29, 1.82) is 0 Å². The van der Waals surface area contributed by atoms with Crippen molar-refractivity contribution in [2.24, 2.45) is 0 Å². The maximum absolute atomic E-state index is 5.23. The number of nitrogens with zero attached hydrogens (tertiary/aromatic N) is 1. The lowest BCUT2D eigenvalue weighted by Crippen LogP contribution is -2.26. The highest BCUT2D eigenvalue weighted by atomic mass is 16.7. The van der Waals surface area contributed by atoms with Crippen molar-refractivity contribution in [3.63, 3.8) is 0 Å². The Morgan fingerprint density at radius 1 is 1.27 bits per heavy atom. The van der Waals surface area contributed by atoms with E-state index in [-0.39, 0.29) is 0 Å². The van der Waals surface area contributed by atoms with Gasteiger partial charge in [-0.15, -0.1) is 0 Å². The number of fused-ring (bicyclic) bond motifs is 1. The van der Waals surface area contributed by atoms with Gasteiger partial charge in [-0.25, -0.2) is 5.06 Å². The second-order valence-corrected chi connectivity index (χ2v) is 3.60. The Morgan fingerprint density at radius 3 is 2.73 bits per heavy atom. The van der Waals surface area contributed by atoms with E-state index in [0.717, 1.165) is 5.70 Å². The normalized spacial score (nSPS) is 12.9. The number of hydrogen-bond acceptors (Lipinski definition) is 3. The number of benzene rings is 1. The first-order chi connectivity index (χ1) is 7.26. The smallest absolute Gasteiger partial charge is 0.143 e. The molecule has 0 aliphatic heterocycles. The number of hydrogen-bond donors (Lipinski definition) is 0. The molecule has 0 spiro atoms. The van der Waals surface area contributed by atoms with Gasteiger partial charge < -0.3 is 4.74 Å². The summed E-state index contributed by atoms with van der Waals surface area (Å²) in [7, 11) is 3.30. The molecule has 0 unspecified atom stereocenters. The fourth-order valence-corrected chi connectivity index (χ4v) is 1.71. The minimum atomic E-state index is 0.440. The third-order valence-electron chi connectivity index (χ3n) is 2.51. The molecule has 1 aliphatic carbocycles. The first-order valence-electron chi connectivity index (χ1n) is 4.89. The molecule has 0 heterocycles. The van der Waals surface area contributed by atoms with Gasteiger partial charge in [0.15, 0.2) is 0 Å². The SMILES string of the molecule is COCN(OC)C1=Cc2ccc(C)cc21. The van der Waals surface area contributed by atoms with Crippen LogP contribution in [0.25, 0.3) is 11.8 Å². The predicted octanol–water partition coefficient (Wildman–Crippen LogP) is 2.27. The Balaban J connectivity index is 2.20. The Hall–Kier alpha value is -1.32. The summed E-state index contributed by atoms with van der Waals surface area (Å²) in [6.45, 7) is 2.53. The van der Waals surface area contributed by atoms with E-state index >= 15 is 0 Å². The van der Waals surface area contributed by atoms with Crippen LogP contribution in [0.2, 0.25) is 0 Å². The van der Waals surface area contributed by atoms with E-state index in [4.69, 9.17) is 9.57 Å². The molecule has 15 heavy (non-hydrogen) atoms. The topological polar surface area (TPSA) is 21.7 Å². The number of aryl methyl sites for hydroxylation is 1. The number of hydroxylamine groups is 2. The summed E-state index contributed by atoms with van der Waals surface area (Å²) < 4.78 is 5.06. The molecule has 1 aromatic carbocycles. The summed E-state index contributed by atoms with van der Waals surface area (Å²) in [5, 5.41) is 1.74. The van der Waals surface area contributed by atoms with Crippen LogP contribution in [-0.2, 0) is 9.57 Å². The first-order valence-corrected chi connectivity index (χ1v) is 4.89. The van der Waals surface area contributed by atoms with Crippen molar-refractivity contribution < 1.29 is 9.57 Å². The van der Waals surface area contributed by atoms with Gasteiger partial charge in [0.05, 0.1) is 12.8 Å². The average Bonchev–Trinajstić information content (AvgIpc) is 2.21. The third kappa shape index (κ3) is 1.76. The van der Waals surface area contributed by atoms with Crippen molar-refractivity contribution in [2.75, 3.05) is 21.0 Å². The van der Waals surface area contributed by atoms with Gasteiger partial charge in [0, 0.05) is 12.7 Å². The lowest BCUT2D eigenvalue weighted by atomic mass is 9.92. The van der Waals surface area contributed by atoms with Crippen molar-refractivity contribution in [1.82, 2.24) is 5.06 Å². The molecule has 0 fully saturated rings. The highest BCUT2D eigenvalue weighted by Crippen LogP contribution is 2.35. The van der Waals surface area contributed by atoms with Gasteiger partial charge in [-0.2, -0.15) is 0 Å². The second-order valence-electron chi connectivity index (χ2n) is 3.60. The van der Waals surface area contributed by atoms with E-state index < -0.39 is 0 Å². The highest BCUT2D eigenvalue weighted by Gasteiger charge is 2.21. The van der Waals surface area contributed by atoms with Crippen LogP contribution in [-0.4, -0.2) is 26.0 Å². The van der Waals surface area contributed by atoms with Gasteiger partial charge in [-0.1, -0.05) is 17.7 Å². The fourth-order valence-electron chi connectivity index (χ4n) is 1.71. The van der Waals surface area contributed by atoms with E-state index in [1.165, 1.54) is 16.7 Å². The lowest BCUT2D eigenvalue weighted by molar-refractivity contribution is -0.133. The molecule has 0 radical (unpaired) electrons. The van der Waals surface area contributed by atoms with Gasteiger partial charge in [-0.3, -0.25) is 4.84 Å². The summed E-state index contributed by atoms with van der Waals surface area (Å²) in [5.74, 6) is 0. The molecule has 0 N–H and O–H groups in total. The minimum Gasteiger partial charge on any atom is -0.362 e. The quantitative estimate of drug-likeness (QED) is 0.556. The van der Waals surface area contributed by atoms with Crippen LogP contribution in [0, 0.1) is 6.92 Å². The Morgan fingerprint density at radius 2 is 2.07 bits per heavy atom. The molecule has 3 heteroatoms. The minimum absolute atomic E-state index is 0.440. The van der Waals surface area contributed by atoms with Crippen LogP contribution in [0.1, 0.15) is 16.7 Å². The van der Waals surface area contributed by atoms with Crippen molar-refractivity contribution >= 4 is 11.8 Å². The van der Waals surface area contributed by atoms with Crippen LogP contribution >= 0.6 is 0 Å². The highest BCUT2D eigenvalue weighted by molar-refractivity contribution is 5.94. The van der Waals surface area contributed by atoms with Crippen LogP contribution in [0.15, 0.2) is 18.2 Å². The molecule has 0 saturated carbocycles. The molecule has 0 atom stereocenters. The monoisotopic (exact) mass is 205 g/mol. The van der Waals surface area contributed by atoms with Gasteiger partial charge >= 0.3 is 0 Å². The van der Waals surface area contributed by atoms with E-state index in [9.17, 15) is 0 Å². The number of ether oxygens (including phenoxy) is 1. The predicted molar refractivity (Wildman–Crippen MR) is 59.8 cm³/mol. The Kier molecular flexibility index (Phi) is 2.75. The van der Waals surface area contributed by atoms with Crippen molar-refractivity contribution in [3.8, 4) is 0 Å².